The van der Waals surface area contributed by atoms with Crippen molar-refractivity contribution >= 4 is 56.2 Å². The Morgan fingerprint density at radius 3 is 2.44 bits per heavy atom. The number of carbonyl (C=O) groups excluding carboxylic acids is 2. The molecule has 5 heterocycles. The number of nitrogens with one attached hydrogen (secondary N) is 2. The van der Waals surface area contributed by atoms with Gasteiger partial charge in [0.2, 0.25) is 21.9 Å². The number of halogens is 3. The topological polar surface area (TPSA) is 155 Å². The molecule has 3 amide bonds. The molecule has 3 aliphatic heterocycles. The number of hydrogen-bond donors (Lipinski definition) is 2. The standard InChI is InChI=1S/C30H38ClF2N9O5S/c1-39-25-16-22(24(31)15-23(25)27(38-39)42-13-7-26(43)37-30(42)44)19-3-9-40(10-4-19)8-2-14-48(45,46)41-11-5-20(6-12-41)36-29-34-17-21(18-35-29)47-28(32)33/h15-20,28H,2-14H2,1H3,(H,34,35,36)(H,37,43,44). The molecular formula is C30H38ClF2N9O5S. The van der Waals surface area contributed by atoms with Gasteiger partial charge in [0.25, 0.3) is 0 Å². The van der Waals surface area contributed by atoms with Crippen molar-refractivity contribution < 1.29 is 31.5 Å². The number of anilines is 2. The minimum atomic E-state index is -3.41. The van der Waals surface area contributed by atoms with Crippen molar-refractivity contribution in [2.24, 2.45) is 7.05 Å². The van der Waals surface area contributed by atoms with Gasteiger partial charge in [0.1, 0.15) is 0 Å². The molecule has 48 heavy (non-hydrogen) atoms. The van der Waals surface area contributed by atoms with Crippen molar-refractivity contribution in [2.75, 3.05) is 55.2 Å². The van der Waals surface area contributed by atoms with Crippen LogP contribution in [-0.2, 0) is 21.9 Å². The Labute approximate surface area is 281 Å². The number of carbonyl (C=O) groups is 2. The number of aromatic nitrogens is 4. The molecule has 0 saturated carbocycles. The van der Waals surface area contributed by atoms with Crippen LogP contribution in [0.2, 0.25) is 5.02 Å². The van der Waals surface area contributed by atoms with E-state index < -0.39 is 22.7 Å². The van der Waals surface area contributed by atoms with Gasteiger partial charge in [0.15, 0.2) is 11.6 Å². The summed E-state index contributed by atoms with van der Waals surface area (Å²) in [6, 6.07) is 3.37. The van der Waals surface area contributed by atoms with Crippen molar-refractivity contribution in [3.05, 3.63) is 35.1 Å². The number of hydrogen-bond acceptors (Lipinski definition) is 10. The Kier molecular flexibility index (Phi) is 10.3. The molecule has 2 N–H and O–H groups in total. The van der Waals surface area contributed by atoms with Crippen LogP contribution in [0.15, 0.2) is 24.5 Å². The number of amides is 3. The van der Waals surface area contributed by atoms with Gasteiger partial charge in [-0.1, -0.05) is 11.6 Å². The Bertz CT molecular complexity index is 1750. The number of likely N-dealkylation sites (tertiary alicyclic amines) is 1. The molecule has 3 aliphatic rings. The van der Waals surface area contributed by atoms with Crippen LogP contribution in [-0.4, -0.2) is 107 Å². The molecule has 0 bridgehead atoms. The van der Waals surface area contributed by atoms with Crippen LogP contribution in [0.5, 0.6) is 5.75 Å². The molecule has 0 atom stereocenters. The molecule has 14 nitrogen and oxygen atoms in total. The predicted octanol–water partition coefficient (Wildman–Crippen LogP) is 3.54. The number of piperidine rings is 2. The van der Waals surface area contributed by atoms with Gasteiger partial charge in [-0.2, -0.15) is 13.9 Å². The highest BCUT2D eigenvalue weighted by atomic mass is 35.5. The second kappa shape index (κ2) is 14.4. The maximum Gasteiger partial charge on any atom is 0.387 e. The number of benzene rings is 1. The highest BCUT2D eigenvalue weighted by Gasteiger charge is 2.31. The highest BCUT2D eigenvalue weighted by Crippen LogP contribution is 2.38. The van der Waals surface area contributed by atoms with Gasteiger partial charge >= 0.3 is 12.6 Å². The van der Waals surface area contributed by atoms with Gasteiger partial charge in [-0.05, 0) is 75.4 Å². The van der Waals surface area contributed by atoms with Gasteiger partial charge in [-0.15, -0.1) is 0 Å². The maximum atomic E-state index is 13.1. The van der Waals surface area contributed by atoms with Crippen LogP contribution < -0.4 is 20.3 Å². The third-order valence-corrected chi connectivity index (χ3v) is 11.5. The molecular weight excluding hydrogens is 672 g/mol. The number of aryl methyl sites for hydroxylation is 1. The summed E-state index contributed by atoms with van der Waals surface area (Å²) in [6.45, 7) is 0.404. The molecule has 1 aromatic carbocycles. The van der Waals surface area contributed by atoms with Gasteiger partial charge in [0, 0.05) is 49.6 Å². The fraction of sp³-hybridized carbons (Fsp3) is 0.567. The number of rotatable bonds is 11. The largest absolute Gasteiger partial charge is 0.432 e. The first-order valence-corrected chi connectivity index (χ1v) is 18.0. The lowest BCUT2D eigenvalue weighted by Crippen LogP contribution is -2.49. The van der Waals surface area contributed by atoms with Gasteiger partial charge in [0.05, 0.1) is 23.7 Å². The smallest absolute Gasteiger partial charge is 0.387 e. The molecule has 6 rings (SSSR count). The van der Waals surface area contributed by atoms with E-state index in [9.17, 15) is 26.8 Å². The molecule has 260 valence electrons. The monoisotopic (exact) mass is 709 g/mol. The molecule has 18 heteroatoms. The zero-order valence-corrected chi connectivity index (χ0v) is 28.0. The van der Waals surface area contributed by atoms with Gasteiger partial charge < -0.3 is 15.0 Å². The Balaban J connectivity index is 0.956. The van der Waals surface area contributed by atoms with E-state index in [0.29, 0.717) is 49.7 Å². The van der Waals surface area contributed by atoms with Crippen molar-refractivity contribution in [3.63, 3.8) is 0 Å². The van der Waals surface area contributed by atoms with Crippen LogP contribution in [0, 0.1) is 0 Å². The molecule has 3 aromatic rings. The molecule has 0 radical (unpaired) electrons. The zero-order valence-electron chi connectivity index (χ0n) is 26.4. The average Bonchev–Trinajstić information content (AvgIpc) is 3.36. The Morgan fingerprint density at radius 2 is 1.77 bits per heavy atom. The Hall–Kier alpha value is -3.67. The lowest BCUT2D eigenvalue weighted by molar-refractivity contribution is -0.120. The lowest BCUT2D eigenvalue weighted by atomic mass is 9.88. The molecule has 0 unspecified atom stereocenters. The average molecular weight is 710 g/mol. The van der Waals surface area contributed by atoms with Crippen molar-refractivity contribution in [2.45, 2.75) is 57.1 Å². The van der Waals surface area contributed by atoms with Crippen LogP contribution in [0.3, 0.4) is 0 Å². The highest BCUT2D eigenvalue weighted by molar-refractivity contribution is 7.89. The first-order chi connectivity index (χ1) is 23.0. The molecule has 0 aliphatic carbocycles. The van der Waals surface area contributed by atoms with Crippen molar-refractivity contribution in [1.82, 2.24) is 34.3 Å². The molecule has 0 spiro atoms. The third kappa shape index (κ3) is 7.79. The number of urea groups is 1. The van der Waals surface area contributed by atoms with E-state index in [4.69, 9.17) is 11.6 Å². The summed E-state index contributed by atoms with van der Waals surface area (Å²) in [5, 5.41) is 11.4. The van der Waals surface area contributed by atoms with Crippen LogP contribution >= 0.6 is 11.6 Å². The summed E-state index contributed by atoms with van der Waals surface area (Å²) in [5.41, 5.74) is 1.88. The Morgan fingerprint density at radius 1 is 1.06 bits per heavy atom. The van der Waals surface area contributed by atoms with Crippen LogP contribution in [0.25, 0.3) is 10.9 Å². The summed E-state index contributed by atoms with van der Waals surface area (Å²) in [7, 11) is -1.59. The number of fused-ring (bicyclic) bond motifs is 1. The number of nitrogens with zero attached hydrogens (tertiary/aromatic N) is 7. The second-order valence-corrected chi connectivity index (χ2v) is 14.8. The zero-order chi connectivity index (χ0) is 34.0. The van der Waals surface area contributed by atoms with Gasteiger partial charge in [-0.3, -0.25) is 19.7 Å². The first-order valence-electron chi connectivity index (χ1n) is 16.0. The van der Waals surface area contributed by atoms with E-state index in [1.54, 1.807) is 4.68 Å². The van der Waals surface area contributed by atoms with Gasteiger partial charge in [-0.25, -0.2) is 27.5 Å². The minimum absolute atomic E-state index is 0.0307. The molecule has 2 aromatic heterocycles. The van der Waals surface area contributed by atoms with E-state index in [-0.39, 0.29) is 48.3 Å². The SMILES string of the molecule is Cn1nc(N2CCC(=O)NC2=O)c2cc(Cl)c(C3CCN(CCCS(=O)(=O)N4CCC(Nc5ncc(OC(F)F)cn5)CC4)CC3)cc21. The number of imide groups is 1. The summed E-state index contributed by atoms with van der Waals surface area (Å²) in [6.07, 6.45) is 5.99. The van der Waals surface area contributed by atoms with Crippen molar-refractivity contribution in [1.29, 1.82) is 0 Å². The summed E-state index contributed by atoms with van der Waals surface area (Å²) in [4.78, 5) is 35.8. The van der Waals surface area contributed by atoms with E-state index in [1.807, 2.05) is 19.2 Å². The van der Waals surface area contributed by atoms with Crippen molar-refractivity contribution in [3.8, 4) is 5.75 Å². The van der Waals surface area contributed by atoms with E-state index in [1.165, 1.54) is 21.6 Å². The summed E-state index contributed by atoms with van der Waals surface area (Å²) >= 11 is 6.80. The lowest BCUT2D eigenvalue weighted by Gasteiger charge is -2.33. The normalized spacial score (nSPS) is 19.3. The summed E-state index contributed by atoms with van der Waals surface area (Å²) in [5.74, 6) is 0.628. The van der Waals surface area contributed by atoms with Crippen LogP contribution in [0.1, 0.15) is 50.0 Å². The third-order valence-electron chi connectivity index (χ3n) is 9.20. The predicted molar refractivity (Wildman–Crippen MR) is 175 cm³/mol. The minimum Gasteiger partial charge on any atom is -0.432 e. The fourth-order valence-electron chi connectivity index (χ4n) is 6.64. The molecule has 3 saturated heterocycles. The second-order valence-electron chi connectivity index (χ2n) is 12.3. The maximum absolute atomic E-state index is 13.1. The van der Waals surface area contributed by atoms with E-state index in [0.717, 1.165) is 42.4 Å². The van der Waals surface area contributed by atoms with Crippen LogP contribution in [0.4, 0.5) is 25.3 Å². The van der Waals surface area contributed by atoms with E-state index in [2.05, 4.69) is 35.3 Å². The number of ether oxygens (including phenoxy) is 1. The number of sulfonamides is 1. The van der Waals surface area contributed by atoms with E-state index >= 15 is 0 Å². The fourth-order valence-corrected chi connectivity index (χ4v) is 8.47. The first kappa shape index (κ1) is 34.2. The number of alkyl halides is 2. The quantitative estimate of drug-likeness (QED) is 0.302. The molecule has 3 fully saturated rings. The summed E-state index contributed by atoms with van der Waals surface area (Å²) < 4.78 is 58.3.